The Labute approximate surface area is 158 Å². The molecule has 0 heterocycles. The van der Waals surface area contributed by atoms with Gasteiger partial charge in [-0.2, -0.15) is 0 Å². The van der Waals surface area contributed by atoms with Crippen LogP contribution < -0.4 is 0 Å². The number of ketones is 2. The second-order valence-electron chi connectivity index (χ2n) is 9.31. The van der Waals surface area contributed by atoms with Gasteiger partial charge in [-0.05, 0) is 49.7 Å². The molecule has 0 amide bonds. The van der Waals surface area contributed by atoms with E-state index in [-0.39, 0.29) is 36.4 Å². The fourth-order valence-corrected chi connectivity index (χ4v) is 6.96. The maximum absolute atomic E-state index is 12.4. The van der Waals surface area contributed by atoms with Crippen molar-refractivity contribution in [2.45, 2.75) is 57.3 Å². The summed E-state index contributed by atoms with van der Waals surface area (Å²) in [6.45, 7) is 2.96. The Kier molecular flexibility index (Phi) is 4.10. The maximum atomic E-state index is 12.4. The molecule has 148 valence electrons. The zero-order valence-electron chi connectivity index (χ0n) is 15.8. The van der Waals surface area contributed by atoms with Crippen molar-refractivity contribution in [2.75, 3.05) is 6.61 Å². The zero-order valence-corrected chi connectivity index (χ0v) is 15.8. The maximum Gasteiger partial charge on any atom is 0.192 e. The fraction of sp³-hybridized carbons (Fsp3) is 0.714. The summed E-state index contributed by atoms with van der Waals surface area (Å²) >= 11 is 0. The van der Waals surface area contributed by atoms with Crippen LogP contribution in [0.2, 0.25) is 0 Å². The topological polar surface area (TPSA) is 115 Å². The monoisotopic (exact) mass is 376 g/mol. The molecule has 6 nitrogen and oxygen atoms in total. The van der Waals surface area contributed by atoms with Crippen molar-refractivity contribution in [1.29, 1.82) is 0 Å². The molecule has 4 aliphatic rings. The van der Waals surface area contributed by atoms with Gasteiger partial charge in [-0.3, -0.25) is 9.59 Å². The number of aliphatic hydroxyl groups is 4. The van der Waals surface area contributed by atoms with E-state index in [9.17, 15) is 30.0 Å². The lowest BCUT2D eigenvalue weighted by molar-refractivity contribution is -0.190. The molecule has 4 rings (SSSR count). The number of fused-ring (bicyclic) bond motifs is 5. The number of hydrogen-bond acceptors (Lipinski definition) is 6. The van der Waals surface area contributed by atoms with Gasteiger partial charge in [0.15, 0.2) is 17.2 Å². The number of aliphatic hydroxyl groups excluding tert-OH is 3. The van der Waals surface area contributed by atoms with Crippen LogP contribution in [0.3, 0.4) is 0 Å². The van der Waals surface area contributed by atoms with Crippen LogP contribution in [0.4, 0.5) is 0 Å². The molecule has 0 saturated heterocycles. The first-order valence-electron chi connectivity index (χ1n) is 9.76. The number of hydrogen-bond donors (Lipinski definition) is 4. The third-order valence-electron chi connectivity index (χ3n) is 8.28. The molecule has 0 unspecified atom stereocenters. The highest BCUT2D eigenvalue weighted by Crippen LogP contribution is 2.67. The Bertz CT molecular complexity index is 756. The third kappa shape index (κ3) is 2.21. The van der Waals surface area contributed by atoms with Gasteiger partial charge in [0.05, 0.1) is 12.2 Å². The number of carbonyl (C=O) groups excluding carboxylic acids is 2. The first-order chi connectivity index (χ1) is 12.6. The summed E-state index contributed by atoms with van der Waals surface area (Å²) in [5, 5.41) is 42.3. The van der Waals surface area contributed by atoms with Gasteiger partial charge in [0.25, 0.3) is 0 Å². The van der Waals surface area contributed by atoms with Crippen molar-refractivity contribution in [3.63, 3.8) is 0 Å². The summed E-state index contributed by atoms with van der Waals surface area (Å²) in [5.41, 5.74) is -2.46. The number of rotatable bonds is 2. The Balaban J connectivity index is 1.78. The van der Waals surface area contributed by atoms with Crippen LogP contribution in [-0.2, 0) is 9.59 Å². The van der Waals surface area contributed by atoms with Crippen LogP contribution >= 0.6 is 0 Å². The minimum atomic E-state index is -2.05. The Morgan fingerprint density at radius 3 is 2.67 bits per heavy atom. The minimum absolute atomic E-state index is 0.00826. The first kappa shape index (κ1) is 19.0. The molecule has 3 saturated carbocycles. The van der Waals surface area contributed by atoms with E-state index in [0.717, 1.165) is 18.4 Å². The molecule has 3 fully saturated rings. The molecule has 0 aromatic heterocycles. The van der Waals surface area contributed by atoms with Crippen LogP contribution in [0.25, 0.3) is 0 Å². The average Bonchev–Trinajstić information content (AvgIpc) is 2.82. The highest BCUT2D eigenvalue weighted by atomic mass is 16.4. The SMILES string of the molecule is C[C@]12C=CC(=O)C=C1CC[C@@H]1[C@@H]2[C@@H](O)C[C@@]2(C)[C@@H]1C[C@@H](O)[C@]2(O)C(=O)CO. The van der Waals surface area contributed by atoms with Crippen molar-refractivity contribution >= 4 is 11.6 Å². The lowest BCUT2D eigenvalue weighted by atomic mass is 9.46. The zero-order chi connectivity index (χ0) is 19.8. The normalized spacial score (nSPS) is 51.3. The summed E-state index contributed by atoms with van der Waals surface area (Å²) in [6, 6.07) is 0. The summed E-state index contributed by atoms with van der Waals surface area (Å²) in [6.07, 6.45) is 4.97. The van der Waals surface area contributed by atoms with E-state index in [1.165, 1.54) is 0 Å². The van der Waals surface area contributed by atoms with E-state index in [1.807, 2.05) is 13.0 Å². The van der Waals surface area contributed by atoms with E-state index in [0.29, 0.717) is 0 Å². The Morgan fingerprint density at radius 2 is 2.00 bits per heavy atom. The predicted molar refractivity (Wildman–Crippen MR) is 96.4 cm³/mol. The van der Waals surface area contributed by atoms with Crippen LogP contribution in [0, 0.1) is 28.6 Å². The van der Waals surface area contributed by atoms with Crippen LogP contribution in [0.15, 0.2) is 23.8 Å². The molecule has 0 bridgehead atoms. The molecule has 0 aliphatic heterocycles. The third-order valence-corrected chi connectivity index (χ3v) is 8.28. The second kappa shape index (κ2) is 5.83. The summed E-state index contributed by atoms with van der Waals surface area (Å²) < 4.78 is 0. The number of Topliss-reactive ketones (excluding diaryl/α,β-unsaturated/α-hetero) is 1. The van der Waals surface area contributed by atoms with Crippen LogP contribution in [0.1, 0.15) is 39.5 Å². The first-order valence-corrected chi connectivity index (χ1v) is 9.76. The van der Waals surface area contributed by atoms with E-state index < -0.39 is 41.0 Å². The molecule has 0 aromatic carbocycles. The lowest BCUT2D eigenvalue weighted by Gasteiger charge is -2.59. The summed E-state index contributed by atoms with van der Waals surface area (Å²) in [7, 11) is 0. The van der Waals surface area contributed by atoms with Gasteiger partial charge in [-0.25, -0.2) is 0 Å². The van der Waals surface area contributed by atoms with Gasteiger partial charge in [0.1, 0.15) is 6.61 Å². The summed E-state index contributed by atoms with van der Waals surface area (Å²) in [4.78, 5) is 24.2. The molecular weight excluding hydrogens is 348 g/mol. The van der Waals surface area contributed by atoms with E-state index in [1.54, 1.807) is 19.1 Å². The van der Waals surface area contributed by atoms with Gasteiger partial charge in [-0.1, -0.05) is 25.5 Å². The van der Waals surface area contributed by atoms with Gasteiger partial charge >= 0.3 is 0 Å². The second-order valence-corrected chi connectivity index (χ2v) is 9.31. The Hall–Kier alpha value is -1.34. The van der Waals surface area contributed by atoms with Crippen molar-refractivity contribution < 1.29 is 30.0 Å². The average molecular weight is 376 g/mol. The van der Waals surface area contributed by atoms with E-state index >= 15 is 0 Å². The molecule has 8 atom stereocenters. The molecule has 6 heteroatoms. The van der Waals surface area contributed by atoms with Crippen molar-refractivity contribution in [3.05, 3.63) is 23.8 Å². The van der Waals surface area contributed by atoms with Gasteiger partial charge < -0.3 is 20.4 Å². The summed E-state index contributed by atoms with van der Waals surface area (Å²) in [5.74, 6) is -1.09. The largest absolute Gasteiger partial charge is 0.393 e. The molecule has 0 radical (unpaired) electrons. The van der Waals surface area contributed by atoms with E-state index in [2.05, 4.69) is 0 Å². The molecule has 4 N–H and O–H groups in total. The molecule has 0 spiro atoms. The highest BCUT2D eigenvalue weighted by Gasteiger charge is 2.71. The Morgan fingerprint density at radius 1 is 1.30 bits per heavy atom. The molecular formula is C21H28O6. The van der Waals surface area contributed by atoms with Crippen molar-refractivity contribution in [3.8, 4) is 0 Å². The molecule has 27 heavy (non-hydrogen) atoms. The highest BCUT2D eigenvalue weighted by molar-refractivity contribution is 6.01. The van der Waals surface area contributed by atoms with Gasteiger partial charge in [0, 0.05) is 16.7 Å². The molecule has 0 aromatic rings. The standard InChI is InChI=1S/C21H28O6/c1-19-6-5-12(23)7-11(19)3-4-13-14-8-16(25)21(27,17(26)10-22)20(14,2)9-15(24)18(13)19/h5-7,13-16,18,22,24-25,27H,3-4,8-10H2,1-2H3/t13-,14+,15-,16+,18+,19-,20-,21-/m0/s1. The minimum Gasteiger partial charge on any atom is -0.393 e. The smallest absolute Gasteiger partial charge is 0.192 e. The van der Waals surface area contributed by atoms with Crippen molar-refractivity contribution in [2.24, 2.45) is 28.6 Å². The van der Waals surface area contributed by atoms with Crippen molar-refractivity contribution in [1.82, 2.24) is 0 Å². The lowest BCUT2D eigenvalue weighted by Crippen LogP contribution is -2.63. The predicted octanol–water partition coefficient (Wildman–Crippen LogP) is 0.528. The quantitative estimate of drug-likeness (QED) is 0.559. The number of allylic oxidation sites excluding steroid dienone is 4. The van der Waals surface area contributed by atoms with Crippen LogP contribution in [-0.4, -0.2) is 56.4 Å². The van der Waals surface area contributed by atoms with Crippen LogP contribution in [0.5, 0.6) is 0 Å². The fourth-order valence-electron chi connectivity index (χ4n) is 6.96. The number of carbonyl (C=O) groups is 2. The van der Waals surface area contributed by atoms with Gasteiger partial charge in [0.2, 0.25) is 0 Å². The molecule has 4 aliphatic carbocycles. The van der Waals surface area contributed by atoms with Gasteiger partial charge in [-0.15, -0.1) is 0 Å². The van der Waals surface area contributed by atoms with E-state index in [4.69, 9.17) is 0 Å².